The first-order valence-electron chi connectivity index (χ1n) is 49.7. The van der Waals surface area contributed by atoms with Gasteiger partial charge in [0.05, 0.1) is 38.6 Å². The number of rotatable bonds is 83. The molecule has 3 heterocycles. The van der Waals surface area contributed by atoms with E-state index in [1.54, 1.807) is 6.08 Å². The summed E-state index contributed by atoms with van der Waals surface area (Å²) in [6.45, 7) is 1.80. The van der Waals surface area contributed by atoms with Crippen molar-refractivity contribution in [3.63, 3.8) is 0 Å². The second-order valence-electron chi connectivity index (χ2n) is 35.6. The lowest BCUT2D eigenvalue weighted by molar-refractivity contribution is -0.379. The number of carbonyl (C=O) groups excluding carboxylic acids is 1. The zero-order valence-electron chi connectivity index (χ0n) is 75.0. The maximum absolute atomic E-state index is 13.5. The van der Waals surface area contributed by atoms with Gasteiger partial charge in [-0.3, -0.25) is 4.79 Å². The van der Waals surface area contributed by atoms with Crippen molar-refractivity contribution >= 4 is 5.91 Å². The lowest BCUT2D eigenvalue weighted by Crippen LogP contribution is -2.66. The minimum absolute atomic E-state index is 0.241. The molecular weight excluding hydrogens is 1480 g/mol. The van der Waals surface area contributed by atoms with Crippen LogP contribution in [-0.4, -0.2) is 193 Å². The second kappa shape index (κ2) is 77.6. The molecule has 12 N–H and O–H groups in total. The van der Waals surface area contributed by atoms with Gasteiger partial charge in [-0.2, -0.15) is 0 Å². The Balaban J connectivity index is 1.29. The Labute approximate surface area is 714 Å². The fraction of sp³-hybridized carbons (Fsp3) is 0.929. The van der Waals surface area contributed by atoms with Crippen LogP contribution < -0.4 is 5.32 Å². The zero-order chi connectivity index (χ0) is 84.5. The summed E-state index contributed by atoms with van der Waals surface area (Å²) in [6, 6.07) is -0.991. The topological polar surface area (TPSA) is 307 Å². The van der Waals surface area contributed by atoms with Crippen LogP contribution in [0, 0.1) is 0 Å². The standard InChI is InChI=1S/C98H185NO18/c1-3-5-7-9-11-13-15-17-19-21-23-25-27-29-31-33-35-37-38-39-40-41-42-44-46-48-50-52-54-56-58-60-62-64-66-68-70-72-74-76-86(104)99-81(82(103)75-73-71-69-67-65-63-61-59-57-55-53-51-49-47-45-43-36-34-32-30-28-26-24-22-20-18-16-14-12-10-8-6-4-2)80-112-96-92(110)89(107)94(84(78-101)114-96)117-98-93(111)90(108)95(85(79-102)115-98)116-97-91(109)88(106)87(105)83(77-100)113-97/h21,23,65,67,73,75,81-85,87-98,100-103,105-111H,3-20,22,24-64,66,68-72,74,76-80H2,1-2H3,(H,99,104)/b23-21-,67-65+,75-73+. The van der Waals surface area contributed by atoms with Gasteiger partial charge in [0, 0.05) is 6.42 Å². The highest BCUT2D eigenvalue weighted by molar-refractivity contribution is 5.76. The van der Waals surface area contributed by atoms with Crippen molar-refractivity contribution in [2.45, 2.75) is 555 Å². The molecule has 19 heteroatoms. The monoisotopic (exact) mass is 1660 g/mol. The van der Waals surface area contributed by atoms with Crippen molar-refractivity contribution in [1.29, 1.82) is 0 Å². The number of hydrogen-bond acceptors (Lipinski definition) is 18. The molecule has 3 aliphatic heterocycles. The molecule has 3 fully saturated rings. The summed E-state index contributed by atoms with van der Waals surface area (Å²) in [5, 5.41) is 121. The van der Waals surface area contributed by atoms with Crippen LogP contribution in [0.15, 0.2) is 36.5 Å². The summed E-state index contributed by atoms with van der Waals surface area (Å²) in [7, 11) is 0. The maximum atomic E-state index is 13.5. The third kappa shape index (κ3) is 55.2. The molecule has 17 unspecified atom stereocenters. The number of hydrogen-bond donors (Lipinski definition) is 12. The molecular formula is C98H185NO18. The number of nitrogens with one attached hydrogen (secondary N) is 1. The van der Waals surface area contributed by atoms with E-state index in [1.807, 2.05) is 6.08 Å². The number of unbranched alkanes of at least 4 members (excludes halogenated alkanes) is 63. The number of amides is 1. The first-order chi connectivity index (χ1) is 57.3. The quantitative estimate of drug-likeness (QED) is 0.0199. The zero-order valence-corrected chi connectivity index (χ0v) is 75.0. The van der Waals surface area contributed by atoms with Crippen molar-refractivity contribution in [2.75, 3.05) is 26.4 Å². The molecule has 0 spiro atoms. The predicted molar refractivity (Wildman–Crippen MR) is 476 cm³/mol. The second-order valence-corrected chi connectivity index (χ2v) is 35.6. The van der Waals surface area contributed by atoms with Crippen LogP contribution >= 0.6 is 0 Å². The van der Waals surface area contributed by atoms with Gasteiger partial charge >= 0.3 is 0 Å². The molecule has 0 radical (unpaired) electrons. The molecule has 17 atom stereocenters. The Bertz CT molecular complexity index is 2240. The van der Waals surface area contributed by atoms with Gasteiger partial charge in [-0.05, 0) is 57.8 Å². The van der Waals surface area contributed by atoms with Gasteiger partial charge in [0.15, 0.2) is 18.9 Å². The average molecular weight is 1670 g/mol. The lowest BCUT2D eigenvalue weighted by Gasteiger charge is -2.48. The van der Waals surface area contributed by atoms with Crippen LogP contribution in [0.3, 0.4) is 0 Å². The van der Waals surface area contributed by atoms with Gasteiger partial charge in [-0.25, -0.2) is 0 Å². The van der Waals surface area contributed by atoms with Crippen molar-refractivity contribution in [3.05, 3.63) is 36.5 Å². The number of allylic oxidation sites excluding steroid dienone is 5. The number of ether oxygens (including phenoxy) is 6. The smallest absolute Gasteiger partial charge is 0.220 e. The minimum atomic E-state index is -1.98. The highest BCUT2D eigenvalue weighted by Gasteiger charge is 2.54. The Morgan fingerprint density at radius 2 is 0.547 bits per heavy atom. The molecule has 0 aliphatic carbocycles. The molecule has 19 nitrogen and oxygen atoms in total. The molecule has 3 aliphatic rings. The van der Waals surface area contributed by atoms with Crippen LogP contribution in [0.2, 0.25) is 0 Å². The average Bonchev–Trinajstić information content (AvgIpc) is 0.777. The normalized spacial score (nSPS) is 24.5. The molecule has 117 heavy (non-hydrogen) atoms. The number of aliphatic hydroxyl groups excluding tert-OH is 11. The molecule has 0 aromatic rings. The Morgan fingerprint density at radius 3 is 0.855 bits per heavy atom. The van der Waals surface area contributed by atoms with Crippen LogP contribution in [0.5, 0.6) is 0 Å². The molecule has 1 amide bonds. The molecule has 690 valence electrons. The summed E-state index contributed by atoms with van der Waals surface area (Å²) in [5.74, 6) is -0.275. The summed E-state index contributed by atoms with van der Waals surface area (Å²) in [4.78, 5) is 13.5. The summed E-state index contributed by atoms with van der Waals surface area (Å²) in [6.07, 6.45) is 74.9. The number of aliphatic hydroxyl groups is 11. The lowest BCUT2D eigenvalue weighted by atomic mass is 9.96. The highest BCUT2D eigenvalue weighted by Crippen LogP contribution is 2.34. The van der Waals surface area contributed by atoms with Gasteiger partial charge in [0.25, 0.3) is 0 Å². The van der Waals surface area contributed by atoms with E-state index in [0.717, 1.165) is 38.5 Å². The van der Waals surface area contributed by atoms with E-state index < -0.39 is 124 Å². The molecule has 0 aromatic heterocycles. The van der Waals surface area contributed by atoms with Gasteiger partial charge < -0.3 is 89.9 Å². The van der Waals surface area contributed by atoms with Crippen molar-refractivity contribution in [1.82, 2.24) is 5.32 Å². The Morgan fingerprint density at radius 1 is 0.299 bits per heavy atom. The van der Waals surface area contributed by atoms with Crippen LogP contribution in [0.4, 0.5) is 0 Å². The fourth-order valence-electron chi connectivity index (χ4n) is 17.0. The van der Waals surface area contributed by atoms with Gasteiger partial charge in [-0.15, -0.1) is 0 Å². The largest absolute Gasteiger partial charge is 0.394 e. The summed E-state index contributed by atoms with van der Waals surface area (Å²) >= 11 is 0. The number of carbonyl (C=O) groups is 1. The van der Waals surface area contributed by atoms with Gasteiger partial charge in [-0.1, -0.05) is 423 Å². The van der Waals surface area contributed by atoms with E-state index in [0.29, 0.717) is 12.8 Å². The van der Waals surface area contributed by atoms with E-state index in [2.05, 4.69) is 43.5 Å². The van der Waals surface area contributed by atoms with Gasteiger partial charge in [0.2, 0.25) is 5.91 Å². The van der Waals surface area contributed by atoms with Crippen LogP contribution in [-0.2, 0) is 33.2 Å². The van der Waals surface area contributed by atoms with Crippen molar-refractivity contribution in [2.24, 2.45) is 0 Å². The summed E-state index contributed by atoms with van der Waals surface area (Å²) in [5.41, 5.74) is 0. The molecule has 3 rings (SSSR count). The van der Waals surface area contributed by atoms with Gasteiger partial charge in [0.1, 0.15) is 73.2 Å². The van der Waals surface area contributed by atoms with Crippen LogP contribution in [0.1, 0.15) is 450 Å². The third-order valence-electron chi connectivity index (χ3n) is 24.9. The first kappa shape index (κ1) is 109. The van der Waals surface area contributed by atoms with E-state index in [1.165, 1.54) is 379 Å². The summed E-state index contributed by atoms with van der Waals surface area (Å²) < 4.78 is 34.6. The molecule has 0 aromatic carbocycles. The van der Waals surface area contributed by atoms with Crippen molar-refractivity contribution in [3.8, 4) is 0 Å². The Kier molecular flexibility index (Phi) is 72.4. The maximum Gasteiger partial charge on any atom is 0.220 e. The van der Waals surface area contributed by atoms with Crippen molar-refractivity contribution < 1.29 is 89.4 Å². The fourth-order valence-corrected chi connectivity index (χ4v) is 17.0. The van der Waals surface area contributed by atoms with E-state index in [-0.39, 0.29) is 18.9 Å². The van der Waals surface area contributed by atoms with E-state index in [4.69, 9.17) is 28.4 Å². The first-order valence-corrected chi connectivity index (χ1v) is 49.7. The van der Waals surface area contributed by atoms with Crippen LogP contribution in [0.25, 0.3) is 0 Å². The molecule has 0 saturated carbocycles. The Hall–Kier alpha value is -1.99. The third-order valence-corrected chi connectivity index (χ3v) is 24.9. The highest BCUT2D eigenvalue weighted by atomic mass is 16.8. The van der Waals surface area contributed by atoms with E-state index in [9.17, 15) is 61.0 Å². The predicted octanol–water partition coefficient (Wildman–Crippen LogP) is 20.5. The minimum Gasteiger partial charge on any atom is -0.394 e. The SMILES string of the molecule is CCCCCCCCCC/C=C\CCCCCCCCCCCCCCCCCCCCCCCCCCCCCC(=O)NC(COC1OC(CO)C(OC2OC(CO)C(OC3OC(CO)C(O)C(O)C3O)C(O)C2O)C(O)C1O)C(O)/C=C/CC/C=C/CCCCCCCCCCCCCCCCCCCCCCCCCCCCC. The molecule has 0 bridgehead atoms. The van der Waals surface area contributed by atoms with E-state index >= 15 is 0 Å². The molecule has 3 saturated heterocycles.